The Bertz CT molecular complexity index is 855. The van der Waals surface area contributed by atoms with Crippen LogP contribution < -0.4 is 0 Å². The van der Waals surface area contributed by atoms with E-state index in [4.69, 9.17) is 18.9 Å². The van der Waals surface area contributed by atoms with E-state index in [9.17, 15) is 35.4 Å². The summed E-state index contributed by atoms with van der Waals surface area (Å²) in [5.74, 6) is -1.48. The molecular formula is C23H32O11S. The van der Waals surface area contributed by atoms with Gasteiger partial charge < -0.3 is 49.6 Å². The number of hydrogen-bond donors (Lipinski definition) is 6. The maximum absolute atomic E-state index is 11.6. The highest BCUT2D eigenvalue weighted by molar-refractivity contribution is 7.99. The molecule has 12 heteroatoms. The second-order valence-corrected chi connectivity index (χ2v) is 10.0. The van der Waals surface area contributed by atoms with Crippen LogP contribution in [0.25, 0.3) is 0 Å². The van der Waals surface area contributed by atoms with Crippen LogP contribution in [0.15, 0.2) is 29.2 Å². The molecule has 10 atom stereocenters. The number of carboxylic acids is 1. The van der Waals surface area contributed by atoms with E-state index in [1.54, 1.807) is 18.2 Å². The number of rotatable bonds is 5. The molecule has 4 bridgehead atoms. The maximum atomic E-state index is 11.6. The van der Waals surface area contributed by atoms with Crippen molar-refractivity contribution < 1.29 is 54.4 Å². The molecule has 6 heterocycles. The Hall–Kier alpha value is -1.32. The second-order valence-electron chi connectivity index (χ2n) is 8.97. The number of ether oxygens (including phenoxy) is 4. The van der Waals surface area contributed by atoms with Gasteiger partial charge in [-0.3, -0.25) is 0 Å². The van der Waals surface area contributed by atoms with Gasteiger partial charge >= 0.3 is 5.97 Å². The highest BCUT2D eigenvalue weighted by atomic mass is 32.2. The van der Waals surface area contributed by atoms with Crippen LogP contribution in [0.5, 0.6) is 0 Å². The van der Waals surface area contributed by atoms with Crippen LogP contribution in [-0.4, -0.2) is 111 Å². The Morgan fingerprint density at radius 1 is 0.914 bits per heavy atom. The van der Waals surface area contributed by atoms with Gasteiger partial charge in [0.2, 0.25) is 0 Å². The Kier molecular flexibility index (Phi) is 9.03. The van der Waals surface area contributed by atoms with Crippen LogP contribution in [-0.2, 0) is 18.9 Å². The van der Waals surface area contributed by atoms with E-state index in [1.165, 1.54) is 17.8 Å². The average Bonchev–Trinajstić information content (AvgIpc) is 2.85. The molecule has 0 aromatic heterocycles. The molecule has 1 aromatic rings. The number of carboxylic acid groups (broad SMARTS) is 1. The Labute approximate surface area is 206 Å². The van der Waals surface area contributed by atoms with Gasteiger partial charge in [0, 0.05) is 23.2 Å². The third-order valence-electron chi connectivity index (χ3n) is 6.70. The zero-order chi connectivity index (χ0) is 25.1. The lowest BCUT2D eigenvalue weighted by atomic mass is 9.85. The summed E-state index contributed by atoms with van der Waals surface area (Å²) in [6.07, 6.45) is -9.44. The molecule has 6 N–H and O–H groups in total. The summed E-state index contributed by atoms with van der Waals surface area (Å²) in [4.78, 5) is 12.0. The molecule has 0 saturated carbocycles. The number of hydrogen-bond acceptors (Lipinski definition) is 11. The summed E-state index contributed by atoms with van der Waals surface area (Å²) >= 11 is 1.17. The van der Waals surface area contributed by atoms with Gasteiger partial charge in [0.25, 0.3) is 0 Å². The number of aliphatic hydroxyl groups is 5. The van der Waals surface area contributed by atoms with Gasteiger partial charge in [-0.25, -0.2) is 4.79 Å². The average molecular weight is 517 g/mol. The predicted octanol–water partition coefficient (Wildman–Crippen LogP) is -0.435. The maximum Gasteiger partial charge on any atom is 0.336 e. The molecule has 6 aliphatic heterocycles. The van der Waals surface area contributed by atoms with Crippen molar-refractivity contribution in [3.8, 4) is 0 Å². The molecule has 6 fully saturated rings. The molecule has 7 rings (SSSR count). The quantitative estimate of drug-likeness (QED) is 0.279. The minimum atomic E-state index is -1.49. The number of carbonyl (C=O) groups is 1. The zero-order valence-corrected chi connectivity index (χ0v) is 19.8. The second kappa shape index (κ2) is 11.8. The van der Waals surface area contributed by atoms with Crippen LogP contribution in [0.4, 0.5) is 0 Å². The molecule has 10 unspecified atom stereocenters. The number of benzene rings is 1. The van der Waals surface area contributed by atoms with Crippen molar-refractivity contribution in [3.63, 3.8) is 0 Å². The Morgan fingerprint density at radius 2 is 1.63 bits per heavy atom. The first-order chi connectivity index (χ1) is 16.8. The third kappa shape index (κ3) is 5.82. The molecule has 0 aliphatic carbocycles. The van der Waals surface area contributed by atoms with Crippen LogP contribution in [0.1, 0.15) is 29.6 Å². The molecule has 1 aromatic carbocycles. The van der Waals surface area contributed by atoms with E-state index in [1.807, 2.05) is 0 Å². The van der Waals surface area contributed by atoms with Gasteiger partial charge in [-0.1, -0.05) is 18.6 Å². The fourth-order valence-corrected chi connectivity index (χ4v) is 5.86. The van der Waals surface area contributed by atoms with E-state index in [0.717, 1.165) is 0 Å². The minimum Gasteiger partial charge on any atom is -0.478 e. The first-order valence-corrected chi connectivity index (χ1v) is 12.7. The molecule has 0 radical (unpaired) electrons. The van der Waals surface area contributed by atoms with Crippen LogP contribution in [0, 0.1) is 5.92 Å². The van der Waals surface area contributed by atoms with Gasteiger partial charge in [-0.15, -0.1) is 11.8 Å². The Balaban J connectivity index is 1.59. The summed E-state index contributed by atoms with van der Waals surface area (Å²) in [5.41, 5.74) is 0.104. The smallest absolute Gasteiger partial charge is 0.336 e. The summed E-state index contributed by atoms with van der Waals surface area (Å²) < 4.78 is 23.3. The van der Waals surface area contributed by atoms with Gasteiger partial charge in [0.15, 0.2) is 12.6 Å². The molecule has 0 spiro atoms. The summed E-state index contributed by atoms with van der Waals surface area (Å²) in [6, 6.07) is 6.44. The first kappa shape index (κ1) is 26.7. The van der Waals surface area contributed by atoms with E-state index in [2.05, 4.69) is 0 Å². The Morgan fingerprint density at radius 3 is 2.37 bits per heavy atom. The SMILES string of the molecule is O=C(O)c1ccccc1SCC1OC2OCCCCC3C(CO)OC(OC1C(O)C2O)C(O)C3O. The van der Waals surface area contributed by atoms with Gasteiger partial charge in [0.1, 0.15) is 24.4 Å². The molecule has 35 heavy (non-hydrogen) atoms. The lowest BCUT2D eigenvalue weighted by Gasteiger charge is -2.47. The monoisotopic (exact) mass is 516 g/mol. The van der Waals surface area contributed by atoms with Crippen molar-refractivity contribution >= 4 is 17.7 Å². The van der Waals surface area contributed by atoms with Gasteiger partial charge in [-0.05, 0) is 25.0 Å². The van der Waals surface area contributed by atoms with E-state index in [-0.39, 0.29) is 17.9 Å². The van der Waals surface area contributed by atoms with Gasteiger partial charge in [0.05, 0.1) is 30.5 Å². The van der Waals surface area contributed by atoms with Crippen molar-refractivity contribution in [1.82, 2.24) is 0 Å². The predicted molar refractivity (Wildman–Crippen MR) is 121 cm³/mol. The summed E-state index contributed by atoms with van der Waals surface area (Å²) in [7, 11) is 0. The van der Waals surface area contributed by atoms with E-state index in [0.29, 0.717) is 24.2 Å². The highest BCUT2D eigenvalue weighted by Gasteiger charge is 2.51. The van der Waals surface area contributed by atoms with Crippen molar-refractivity contribution in [2.75, 3.05) is 19.0 Å². The standard InChI is InChI=1S/C23H32O11S/c24-9-13-11-5-3-4-8-31-22-19(28)17(26)20(34-23(32-13)18(27)16(11)25)14(33-22)10-35-15-7-2-1-6-12(15)21(29)30/h1-2,6-7,11,13-14,16-20,22-28H,3-5,8-10H2,(H,29,30). The van der Waals surface area contributed by atoms with Crippen LogP contribution >= 0.6 is 11.8 Å². The topological polar surface area (TPSA) is 175 Å². The minimum absolute atomic E-state index is 0.104. The number of thioether (sulfide) groups is 1. The first-order valence-electron chi connectivity index (χ1n) is 11.7. The summed E-state index contributed by atoms with van der Waals surface area (Å²) in [5, 5.41) is 62.2. The molecule has 6 aliphatic rings. The largest absolute Gasteiger partial charge is 0.478 e. The normalized spacial score (nSPS) is 40.4. The fourth-order valence-electron chi connectivity index (χ4n) is 4.76. The summed E-state index contributed by atoms with van der Waals surface area (Å²) in [6.45, 7) is -0.190. The lowest BCUT2D eigenvalue weighted by molar-refractivity contribution is -0.353. The van der Waals surface area contributed by atoms with E-state index < -0.39 is 73.8 Å². The molecule has 196 valence electrons. The number of aliphatic hydroxyl groups excluding tert-OH is 5. The molecule has 11 nitrogen and oxygen atoms in total. The molecule has 0 amide bonds. The van der Waals surface area contributed by atoms with Crippen molar-refractivity contribution in [1.29, 1.82) is 0 Å². The highest BCUT2D eigenvalue weighted by Crippen LogP contribution is 2.36. The van der Waals surface area contributed by atoms with Crippen molar-refractivity contribution in [3.05, 3.63) is 29.8 Å². The van der Waals surface area contributed by atoms with Crippen LogP contribution in [0.2, 0.25) is 0 Å². The molecule has 6 saturated heterocycles. The fraction of sp³-hybridized carbons (Fsp3) is 0.696. The molecular weight excluding hydrogens is 484 g/mol. The van der Waals surface area contributed by atoms with Gasteiger partial charge in [-0.2, -0.15) is 0 Å². The zero-order valence-electron chi connectivity index (χ0n) is 19.0. The number of aromatic carboxylic acids is 1. The third-order valence-corrected chi connectivity index (χ3v) is 7.86. The van der Waals surface area contributed by atoms with Crippen LogP contribution in [0.3, 0.4) is 0 Å². The lowest BCUT2D eigenvalue weighted by Crippen LogP contribution is -2.63. The van der Waals surface area contributed by atoms with E-state index >= 15 is 0 Å². The van der Waals surface area contributed by atoms with Crippen molar-refractivity contribution in [2.24, 2.45) is 5.92 Å². The van der Waals surface area contributed by atoms with Crippen molar-refractivity contribution in [2.45, 2.75) is 79.5 Å².